The molecule has 1 fully saturated rings. The Labute approximate surface area is 237 Å². The maximum Gasteiger partial charge on any atom is 0.241 e. The van der Waals surface area contributed by atoms with E-state index in [0.29, 0.717) is 16.7 Å². The molecule has 9 heteroatoms. The third-order valence-corrected chi connectivity index (χ3v) is 8.57. The Morgan fingerprint density at radius 3 is 2.39 bits per heavy atom. The Morgan fingerprint density at radius 1 is 1.05 bits per heavy atom. The van der Waals surface area contributed by atoms with Crippen LogP contribution in [0.5, 0.6) is 11.5 Å². The lowest BCUT2D eigenvalue weighted by atomic mass is 9.87. The molecule has 0 unspecified atom stereocenters. The number of aromatic nitrogens is 1. The molecule has 3 aromatic carbocycles. The van der Waals surface area contributed by atoms with Crippen LogP contribution in [-0.2, 0) is 9.53 Å². The lowest BCUT2D eigenvalue weighted by Gasteiger charge is -2.32. The number of para-hydroxylation sites is 2. The summed E-state index contributed by atoms with van der Waals surface area (Å²) < 4.78 is 12.7. The number of benzene rings is 3. The summed E-state index contributed by atoms with van der Waals surface area (Å²) in [5.74, 6) is 0.980. The Kier molecular flexibility index (Phi) is 8.21. The minimum absolute atomic E-state index is 0. The number of nitrogens with zero attached hydrogens (tertiary/aromatic N) is 3. The van der Waals surface area contributed by atoms with Crippen molar-refractivity contribution in [2.24, 2.45) is 0 Å². The zero-order valence-electron chi connectivity index (χ0n) is 21.1. The number of amides is 1. The Morgan fingerprint density at radius 2 is 1.71 bits per heavy atom. The highest BCUT2D eigenvalue weighted by Gasteiger charge is 2.36. The number of aryl methyl sites for hydroxylation is 1. The van der Waals surface area contributed by atoms with E-state index in [-0.39, 0.29) is 18.3 Å². The first-order chi connectivity index (χ1) is 18.1. The third kappa shape index (κ3) is 5.14. The quantitative estimate of drug-likeness (QED) is 0.259. The summed E-state index contributed by atoms with van der Waals surface area (Å²) in [6.07, 6.45) is 0.841. The number of ether oxygens (including phenoxy) is 2. The number of thiazole rings is 1. The Balaban J connectivity index is 0.00000294. The molecule has 1 amide bonds. The van der Waals surface area contributed by atoms with Gasteiger partial charge in [-0.2, -0.15) is 0 Å². The second kappa shape index (κ2) is 11.6. The summed E-state index contributed by atoms with van der Waals surface area (Å²) in [4.78, 5) is 23.7. The molecule has 4 aromatic rings. The predicted molar refractivity (Wildman–Crippen MR) is 156 cm³/mol. The van der Waals surface area contributed by atoms with Crippen LogP contribution in [0.2, 0.25) is 5.02 Å². The number of hydrogen-bond donors (Lipinski definition) is 0. The zero-order valence-corrected chi connectivity index (χ0v) is 23.5. The molecule has 2 aliphatic rings. The van der Waals surface area contributed by atoms with E-state index in [4.69, 9.17) is 26.1 Å². The van der Waals surface area contributed by atoms with E-state index in [0.717, 1.165) is 77.7 Å². The molecule has 3 heterocycles. The highest BCUT2D eigenvalue weighted by Crippen LogP contribution is 2.45. The average Bonchev–Trinajstić information content (AvgIpc) is 3.37. The van der Waals surface area contributed by atoms with E-state index < -0.39 is 5.92 Å². The molecular weight excluding hydrogens is 541 g/mol. The second-order valence-electron chi connectivity index (χ2n) is 9.42. The van der Waals surface area contributed by atoms with Crippen LogP contribution in [0.25, 0.3) is 10.2 Å². The first-order valence-electron chi connectivity index (χ1n) is 12.6. The van der Waals surface area contributed by atoms with Gasteiger partial charge >= 0.3 is 0 Å². The molecule has 0 atom stereocenters. The summed E-state index contributed by atoms with van der Waals surface area (Å²) >= 11 is 7.94. The second-order valence-corrected chi connectivity index (χ2v) is 10.8. The molecule has 1 saturated heterocycles. The Hall–Kier alpha value is -2.68. The molecule has 0 saturated carbocycles. The van der Waals surface area contributed by atoms with Crippen molar-refractivity contribution in [2.45, 2.75) is 19.3 Å². The molecule has 1 aromatic heterocycles. The first-order valence-corrected chi connectivity index (χ1v) is 13.8. The normalized spacial score (nSPS) is 15.3. The molecule has 198 valence electrons. The topological polar surface area (TPSA) is 54.9 Å². The van der Waals surface area contributed by atoms with Crippen LogP contribution in [0.3, 0.4) is 0 Å². The van der Waals surface area contributed by atoms with E-state index >= 15 is 0 Å². The van der Waals surface area contributed by atoms with Crippen molar-refractivity contribution in [3.05, 3.63) is 82.4 Å². The molecule has 0 aliphatic carbocycles. The average molecular weight is 571 g/mol. The SMILES string of the molecule is Cc1c(Cl)ccc2sc(N(CCCN3CCOCC3)C(=O)C3c4ccccc4Oc4ccccc43)nc12.Cl. The molecule has 0 N–H and O–H groups in total. The van der Waals surface area contributed by atoms with Crippen molar-refractivity contribution in [2.75, 3.05) is 44.3 Å². The maximum absolute atomic E-state index is 14.5. The largest absolute Gasteiger partial charge is 0.457 e. The lowest BCUT2D eigenvalue weighted by Crippen LogP contribution is -2.40. The minimum Gasteiger partial charge on any atom is -0.457 e. The van der Waals surface area contributed by atoms with Gasteiger partial charge in [0.15, 0.2) is 5.13 Å². The first kappa shape index (κ1) is 26.9. The van der Waals surface area contributed by atoms with Gasteiger partial charge < -0.3 is 9.47 Å². The van der Waals surface area contributed by atoms with Crippen LogP contribution in [0.1, 0.15) is 29.0 Å². The van der Waals surface area contributed by atoms with Gasteiger partial charge in [0.05, 0.1) is 29.3 Å². The van der Waals surface area contributed by atoms with Crippen molar-refractivity contribution in [3.63, 3.8) is 0 Å². The van der Waals surface area contributed by atoms with Gasteiger partial charge in [-0.15, -0.1) is 12.4 Å². The highest BCUT2D eigenvalue weighted by molar-refractivity contribution is 7.22. The van der Waals surface area contributed by atoms with Crippen LogP contribution in [-0.4, -0.2) is 55.2 Å². The van der Waals surface area contributed by atoms with Crippen molar-refractivity contribution in [1.29, 1.82) is 0 Å². The van der Waals surface area contributed by atoms with E-state index in [1.165, 1.54) is 11.3 Å². The van der Waals surface area contributed by atoms with Gasteiger partial charge in [-0.1, -0.05) is 59.3 Å². The summed E-state index contributed by atoms with van der Waals surface area (Å²) in [5, 5.41) is 1.38. The van der Waals surface area contributed by atoms with Crippen molar-refractivity contribution in [3.8, 4) is 11.5 Å². The number of hydrogen-bond acceptors (Lipinski definition) is 6. The molecule has 6 rings (SSSR count). The third-order valence-electron chi connectivity index (χ3n) is 7.12. The van der Waals surface area contributed by atoms with Gasteiger partial charge in [-0.3, -0.25) is 14.6 Å². The van der Waals surface area contributed by atoms with Crippen molar-refractivity contribution >= 4 is 56.6 Å². The van der Waals surface area contributed by atoms with Gasteiger partial charge in [0.25, 0.3) is 0 Å². The molecule has 0 bridgehead atoms. The van der Waals surface area contributed by atoms with E-state index in [9.17, 15) is 4.79 Å². The number of carbonyl (C=O) groups excluding carboxylic acids is 1. The Bertz CT molecular complexity index is 1410. The lowest BCUT2D eigenvalue weighted by molar-refractivity contribution is -0.119. The van der Waals surface area contributed by atoms with Crippen molar-refractivity contribution in [1.82, 2.24) is 9.88 Å². The predicted octanol–water partition coefficient (Wildman–Crippen LogP) is 6.67. The fourth-order valence-corrected chi connectivity index (χ4v) is 6.32. The number of halogens is 2. The number of fused-ring (bicyclic) bond motifs is 3. The van der Waals surface area contributed by atoms with Gasteiger partial charge in [0.1, 0.15) is 11.5 Å². The van der Waals surface area contributed by atoms with Crippen molar-refractivity contribution < 1.29 is 14.3 Å². The summed E-state index contributed by atoms with van der Waals surface area (Å²) in [6.45, 7) is 6.82. The summed E-state index contributed by atoms with van der Waals surface area (Å²) in [5.41, 5.74) is 3.55. The molecule has 0 radical (unpaired) electrons. The van der Waals surface area contributed by atoms with E-state index in [2.05, 4.69) is 4.90 Å². The molecule has 2 aliphatic heterocycles. The summed E-state index contributed by atoms with van der Waals surface area (Å²) in [6, 6.07) is 19.5. The maximum atomic E-state index is 14.5. The number of anilines is 1. The smallest absolute Gasteiger partial charge is 0.241 e. The van der Waals surface area contributed by atoms with Gasteiger partial charge in [-0.05, 0) is 43.2 Å². The van der Waals surface area contributed by atoms with Crippen LogP contribution in [0.4, 0.5) is 5.13 Å². The van der Waals surface area contributed by atoms with Gasteiger partial charge in [0, 0.05) is 42.3 Å². The number of morpholine rings is 1. The highest BCUT2D eigenvalue weighted by atomic mass is 35.5. The monoisotopic (exact) mass is 569 g/mol. The van der Waals surface area contributed by atoms with Crippen LogP contribution in [0.15, 0.2) is 60.7 Å². The number of rotatable bonds is 6. The van der Waals surface area contributed by atoms with Crippen LogP contribution in [0, 0.1) is 6.92 Å². The van der Waals surface area contributed by atoms with Gasteiger partial charge in [-0.25, -0.2) is 4.98 Å². The molecule has 0 spiro atoms. The summed E-state index contributed by atoms with van der Waals surface area (Å²) in [7, 11) is 0. The van der Waals surface area contributed by atoms with Gasteiger partial charge in [0.2, 0.25) is 5.91 Å². The fourth-order valence-electron chi connectivity index (χ4n) is 5.11. The number of carbonyl (C=O) groups is 1. The molecule has 38 heavy (non-hydrogen) atoms. The van der Waals surface area contributed by atoms with E-state index in [1.807, 2.05) is 72.5 Å². The van der Waals surface area contributed by atoms with E-state index in [1.54, 1.807) is 0 Å². The molecule has 6 nitrogen and oxygen atoms in total. The van der Waals surface area contributed by atoms with Crippen LogP contribution >= 0.6 is 35.3 Å². The minimum atomic E-state index is -0.471. The van der Waals surface area contributed by atoms with Crippen LogP contribution < -0.4 is 9.64 Å². The zero-order chi connectivity index (χ0) is 25.4. The molecular formula is C29H29Cl2N3O3S. The fraction of sp³-hybridized carbons (Fsp3) is 0.310. The standard InChI is InChI=1S/C29H28ClN3O3S.ClH/c1-19-22(30)11-12-25-27(19)31-29(37-25)33(14-6-13-32-15-17-35-18-16-32)28(34)26-20-7-2-4-9-23(20)36-24-10-5-3-8-21(24)26;/h2-5,7-12,26H,6,13-18H2,1H3;1H.